The first kappa shape index (κ1) is 21.5. The molecule has 0 heterocycles. The molecule has 1 amide bonds. The zero-order valence-corrected chi connectivity index (χ0v) is 18.0. The van der Waals surface area contributed by atoms with Gasteiger partial charge in [-0.3, -0.25) is 10.1 Å². The van der Waals surface area contributed by atoms with Gasteiger partial charge in [-0.15, -0.1) is 0 Å². The molecule has 1 unspecified atom stereocenters. The predicted octanol–water partition coefficient (Wildman–Crippen LogP) is 5.91. The maximum Gasteiger partial charge on any atom is 0.257 e. The van der Waals surface area contributed by atoms with Gasteiger partial charge in [0.15, 0.2) is 5.11 Å². The van der Waals surface area contributed by atoms with Gasteiger partial charge >= 0.3 is 0 Å². The molecule has 30 heavy (non-hydrogen) atoms. The summed E-state index contributed by atoms with van der Waals surface area (Å²) >= 11 is 5.35. The number of carbonyl (C=O) groups excluding carboxylic acids is 1. The van der Waals surface area contributed by atoms with Gasteiger partial charge in [-0.2, -0.15) is 0 Å². The second-order valence-corrected chi connectivity index (χ2v) is 7.51. The minimum atomic E-state index is -0.261. The fraction of sp³-hybridized carbons (Fsp3) is 0.200. The molecular formula is C25H26N2O2S. The van der Waals surface area contributed by atoms with Crippen LogP contribution < -0.4 is 15.4 Å². The molecule has 4 nitrogen and oxygen atoms in total. The van der Waals surface area contributed by atoms with Crippen molar-refractivity contribution in [2.45, 2.75) is 32.8 Å². The van der Waals surface area contributed by atoms with E-state index in [2.05, 4.69) is 30.5 Å². The van der Waals surface area contributed by atoms with Crippen molar-refractivity contribution in [3.63, 3.8) is 0 Å². The Morgan fingerprint density at radius 3 is 2.33 bits per heavy atom. The van der Waals surface area contributed by atoms with Gasteiger partial charge in [0.1, 0.15) is 12.4 Å². The minimum absolute atomic E-state index is 0.261. The molecule has 0 bridgehead atoms. The summed E-state index contributed by atoms with van der Waals surface area (Å²) in [5, 5.41) is 6.18. The average Bonchev–Trinajstić information content (AvgIpc) is 2.78. The number of para-hydroxylation sites is 1. The summed E-state index contributed by atoms with van der Waals surface area (Å²) in [5.74, 6) is 0.845. The lowest BCUT2D eigenvalue weighted by Crippen LogP contribution is -2.34. The number of benzene rings is 3. The van der Waals surface area contributed by atoms with E-state index in [-0.39, 0.29) is 11.0 Å². The molecule has 0 fully saturated rings. The molecule has 0 saturated heterocycles. The lowest BCUT2D eigenvalue weighted by atomic mass is 9.97. The molecule has 3 aromatic carbocycles. The topological polar surface area (TPSA) is 50.4 Å². The Balaban J connectivity index is 1.56. The van der Waals surface area contributed by atoms with Crippen molar-refractivity contribution in [1.29, 1.82) is 0 Å². The Morgan fingerprint density at radius 2 is 1.63 bits per heavy atom. The molecule has 0 aliphatic carbocycles. The van der Waals surface area contributed by atoms with E-state index in [4.69, 9.17) is 17.0 Å². The van der Waals surface area contributed by atoms with Gasteiger partial charge in [-0.25, -0.2) is 0 Å². The summed E-state index contributed by atoms with van der Waals surface area (Å²) in [7, 11) is 0. The Labute approximate surface area is 183 Å². The van der Waals surface area contributed by atoms with Gasteiger partial charge in [0, 0.05) is 11.3 Å². The number of hydrogen-bond acceptors (Lipinski definition) is 3. The van der Waals surface area contributed by atoms with Gasteiger partial charge in [0.05, 0.1) is 0 Å². The van der Waals surface area contributed by atoms with Crippen molar-refractivity contribution in [1.82, 2.24) is 5.32 Å². The SMILES string of the molecule is CCC(C)c1ccccc1NC(=S)NC(=O)c1ccc(OCc2ccccc2)cc1. The van der Waals surface area contributed by atoms with E-state index in [1.54, 1.807) is 24.3 Å². The fourth-order valence-electron chi connectivity index (χ4n) is 3.03. The molecule has 5 heteroatoms. The maximum absolute atomic E-state index is 12.5. The number of amides is 1. The van der Waals surface area contributed by atoms with Crippen molar-refractivity contribution < 1.29 is 9.53 Å². The highest BCUT2D eigenvalue weighted by atomic mass is 32.1. The normalized spacial score (nSPS) is 11.4. The summed E-state index contributed by atoms with van der Waals surface area (Å²) in [5.41, 5.74) is 3.70. The molecule has 0 aliphatic rings. The second-order valence-electron chi connectivity index (χ2n) is 7.10. The van der Waals surface area contributed by atoms with Crippen molar-refractivity contribution in [2.75, 3.05) is 5.32 Å². The number of ether oxygens (including phenoxy) is 1. The molecule has 0 radical (unpaired) electrons. The lowest BCUT2D eigenvalue weighted by molar-refractivity contribution is 0.0977. The number of hydrogen-bond donors (Lipinski definition) is 2. The summed E-state index contributed by atoms with van der Waals surface area (Å²) < 4.78 is 5.76. The van der Waals surface area contributed by atoms with E-state index in [1.165, 1.54) is 5.56 Å². The van der Waals surface area contributed by atoms with E-state index in [0.29, 0.717) is 23.8 Å². The molecular weight excluding hydrogens is 392 g/mol. The van der Waals surface area contributed by atoms with Crippen LogP contribution in [-0.4, -0.2) is 11.0 Å². The van der Waals surface area contributed by atoms with Gasteiger partial charge in [-0.05, 0) is 66.0 Å². The first-order valence-corrected chi connectivity index (χ1v) is 10.5. The summed E-state index contributed by atoms with van der Waals surface area (Å²) in [6, 6.07) is 25.0. The van der Waals surface area contributed by atoms with E-state index in [9.17, 15) is 4.79 Å². The quantitative estimate of drug-likeness (QED) is 0.469. The van der Waals surface area contributed by atoms with Crippen LogP contribution in [0.15, 0.2) is 78.9 Å². The summed E-state index contributed by atoms with van der Waals surface area (Å²) in [6.45, 7) is 4.80. The van der Waals surface area contributed by atoms with Crippen LogP contribution in [0.3, 0.4) is 0 Å². The summed E-state index contributed by atoms with van der Waals surface area (Å²) in [6.07, 6.45) is 1.02. The lowest BCUT2D eigenvalue weighted by Gasteiger charge is -2.17. The monoisotopic (exact) mass is 418 g/mol. The zero-order valence-electron chi connectivity index (χ0n) is 17.2. The predicted molar refractivity (Wildman–Crippen MR) is 126 cm³/mol. The molecule has 1 atom stereocenters. The Hall–Kier alpha value is -3.18. The molecule has 154 valence electrons. The Bertz CT molecular complexity index is 988. The van der Waals surface area contributed by atoms with Crippen LogP contribution in [0, 0.1) is 0 Å². The fourth-order valence-corrected chi connectivity index (χ4v) is 3.24. The third-order valence-corrected chi connectivity index (χ3v) is 5.15. The number of anilines is 1. The van der Waals surface area contributed by atoms with E-state index >= 15 is 0 Å². The van der Waals surface area contributed by atoms with Crippen LogP contribution >= 0.6 is 12.2 Å². The van der Waals surface area contributed by atoms with E-state index < -0.39 is 0 Å². The molecule has 3 rings (SSSR count). The molecule has 0 aromatic heterocycles. The van der Waals surface area contributed by atoms with Crippen LogP contribution in [0.25, 0.3) is 0 Å². The van der Waals surface area contributed by atoms with Crippen LogP contribution in [-0.2, 0) is 6.61 Å². The Kier molecular flexibility index (Phi) is 7.57. The molecule has 0 saturated carbocycles. The second kappa shape index (κ2) is 10.6. The van der Waals surface area contributed by atoms with Crippen LogP contribution in [0.4, 0.5) is 5.69 Å². The van der Waals surface area contributed by atoms with E-state index in [0.717, 1.165) is 17.7 Å². The third kappa shape index (κ3) is 5.91. The largest absolute Gasteiger partial charge is 0.489 e. The van der Waals surface area contributed by atoms with Gasteiger partial charge in [0.25, 0.3) is 5.91 Å². The zero-order chi connectivity index (χ0) is 21.3. The third-order valence-electron chi connectivity index (χ3n) is 4.94. The van der Waals surface area contributed by atoms with Gasteiger partial charge < -0.3 is 10.1 Å². The molecule has 0 aliphatic heterocycles. The number of thiocarbonyl (C=S) groups is 1. The van der Waals surface area contributed by atoms with Crippen molar-refractivity contribution >= 4 is 28.9 Å². The highest BCUT2D eigenvalue weighted by Gasteiger charge is 2.12. The van der Waals surface area contributed by atoms with Gasteiger partial charge in [-0.1, -0.05) is 62.4 Å². The van der Waals surface area contributed by atoms with Crippen LogP contribution in [0.5, 0.6) is 5.75 Å². The first-order valence-electron chi connectivity index (χ1n) is 10.0. The van der Waals surface area contributed by atoms with E-state index in [1.807, 2.05) is 48.5 Å². The molecule has 3 aromatic rings. The maximum atomic E-state index is 12.5. The molecule has 0 spiro atoms. The van der Waals surface area contributed by atoms with Crippen LogP contribution in [0.1, 0.15) is 47.7 Å². The van der Waals surface area contributed by atoms with Crippen molar-refractivity contribution in [2.24, 2.45) is 0 Å². The highest BCUT2D eigenvalue weighted by molar-refractivity contribution is 7.80. The van der Waals surface area contributed by atoms with Crippen molar-refractivity contribution in [3.05, 3.63) is 95.6 Å². The molecule has 2 N–H and O–H groups in total. The first-order chi connectivity index (χ1) is 14.6. The van der Waals surface area contributed by atoms with Crippen LogP contribution in [0.2, 0.25) is 0 Å². The minimum Gasteiger partial charge on any atom is -0.489 e. The number of nitrogens with one attached hydrogen (secondary N) is 2. The standard InChI is InChI=1S/C25H26N2O2S/c1-3-18(2)22-11-7-8-12-23(22)26-25(30)27-24(28)20-13-15-21(16-14-20)29-17-19-9-5-4-6-10-19/h4-16,18H,3,17H2,1-2H3,(H2,26,27,28,30). The highest BCUT2D eigenvalue weighted by Crippen LogP contribution is 2.26. The van der Waals surface area contributed by atoms with Crippen molar-refractivity contribution in [3.8, 4) is 5.75 Å². The Morgan fingerprint density at radius 1 is 0.967 bits per heavy atom. The number of carbonyl (C=O) groups is 1. The van der Waals surface area contributed by atoms with Gasteiger partial charge in [0.2, 0.25) is 0 Å². The average molecular weight is 419 g/mol. The smallest absolute Gasteiger partial charge is 0.257 e. The number of rotatable bonds is 7. The summed E-state index contributed by atoms with van der Waals surface area (Å²) in [4.78, 5) is 12.5.